The Morgan fingerprint density at radius 2 is 2.00 bits per heavy atom. The summed E-state index contributed by atoms with van der Waals surface area (Å²) >= 11 is 0. The molecule has 0 aliphatic carbocycles. The summed E-state index contributed by atoms with van der Waals surface area (Å²) in [7, 11) is 0. The molecule has 0 radical (unpaired) electrons. The smallest absolute Gasteiger partial charge is 0.410 e. The fourth-order valence-electron chi connectivity index (χ4n) is 2.33. The van der Waals surface area contributed by atoms with Crippen molar-refractivity contribution < 1.29 is 9.53 Å². The number of amides is 1. The van der Waals surface area contributed by atoms with Crippen molar-refractivity contribution in [2.75, 3.05) is 6.54 Å². The van der Waals surface area contributed by atoms with E-state index >= 15 is 0 Å². The zero-order valence-corrected chi connectivity index (χ0v) is 12.5. The van der Waals surface area contributed by atoms with Gasteiger partial charge in [-0.2, -0.15) is 0 Å². The van der Waals surface area contributed by atoms with Gasteiger partial charge in [0.05, 0.1) is 6.04 Å². The van der Waals surface area contributed by atoms with Gasteiger partial charge in [-0.15, -0.1) is 0 Å². The second-order valence-electron chi connectivity index (χ2n) is 6.15. The third-order valence-electron chi connectivity index (χ3n) is 3.24. The van der Waals surface area contributed by atoms with Crippen LogP contribution < -0.4 is 0 Å². The van der Waals surface area contributed by atoms with Crippen LogP contribution in [0.2, 0.25) is 0 Å². The predicted octanol–water partition coefficient (Wildman–Crippen LogP) is 4.10. The molecule has 0 saturated carbocycles. The number of ether oxygens (including phenoxy) is 1. The molecule has 0 N–H and O–H groups in total. The molecule has 20 heavy (non-hydrogen) atoms. The Balaban J connectivity index is 2.01. The number of carbonyl (C=O) groups is 1. The monoisotopic (exact) mass is 273 g/mol. The number of likely N-dealkylation sites (tertiary alicyclic amines) is 1. The van der Waals surface area contributed by atoms with Crippen molar-refractivity contribution in [3.63, 3.8) is 0 Å². The first kappa shape index (κ1) is 14.6. The van der Waals surface area contributed by atoms with Gasteiger partial charge >= 0.3 is 6.09 Å². The highest BCUT2D eigenvalue weighted by molar-refractivity contribution is 5.69. The van der Waals surface area contributed by atoms with E-state index in [0.717, 1.165) is 24.9 Å². The molecule has 1 aromatic carbocycles. The molecule has 1 fully saturated rings. The Morgan fingerprint density at radius 3 is 2.65 bits per heavy atom. The van der Waals surface area contributed by atoms with Gasteiger partial charge in [-0.3, -0.25) is 0 Å². The summed E-state index contributed by atoms with van der Waals surface area (Å²) in [6, 6.07) is 10.3. The lowest BCUT2D eigenvalue weighted by Gasteiger charge is -2.27. The summed E-state index contributed by atoms with van der Waals surface area (Å²) in [5.74, 6) is 0. The van der Waals surface area contributed by atoms with Crippen molar-refractivity contribution in [2.24, 2.45) is 0 Å². The standard InChI is InChI=1S/C17H23NO2/c1-17(2,3)20-16(19)18-13-7-10-15(18)12-11-14-8-5-4-6-9-14/h4-6,8-9,11-12,15H,7,10,13H2,1-3H3/b12-11+/t15-/m1/s1. The second-order valence-corrected chi connectivity index (χ2v) is 6.15. The van der Waals surface area contributed by atoms with E-state index in [1.165, 1.54) is 0 Å². The highest BCUT2D eigenvalue weighted by atomic mass is 16.6. The van der Waals surface area contributed by atoms with Crippen LogP contribution in [0.1, 0.15) is 39.2 Å². The largest absolute Gasteiger partial charge is 0.444 e. The van der Waals surface area contributed by atoms with Crippen LogP contribution in [0.5, 0.6) is 0 Å². The van der Waals surface area contributed by atoms with Crippen molar-refractivity contribution in [1.29, 1.82) is 0 Å². The molecule has 1 amide bonds. The average molecular weight is 273 g/mol. The van der Waals surface area contributed by atoms with E-state index in [1.807, 2.05) is 43.9 Å². The van der Waals surface area contributed by atoms with E-state index in [0.29, 0.717) is 0 Å². The summed E-state index contributed by atoms with van der Waals surface area (Å²) < 4.78 is 5.46. The Hall–Kier alpha value is -1.77. The van der Waals surface area contributed by atoms with Crippen LogP contribution in [0.25, 0.3) is 6.08 Å². The first-order chi connectivity index (χ1) is 9.46. The van der Waals surface area contributed by atoms with Gasteiger partial charge in [-0.1, -0.05) is 42.5 Å². The maximum atomic E-state index is 12.2. The molecular formula is C17H23NO2. The Labute approximate surface area is 121 Å². The fourth-order valence-corrected chi connectivity index (χ4v) is 2.33. The lowest BCUT2D eigenvalue weighted by atomic mass is 10.1. The Morgan fingerprint density at radius 1 is 1.30 bits per heavy atom. The summed E-state index contributed by atoms with van der Waals surface area (Å²) in [5.41, 5.74) is 0.719. The van der Waals surface area contributed by atoms with Gasteiger partial charge in [-0.05, 0) is 39.2 Å². The molecule has 1 atom stereocenters. The highest BCUT2D eigenvalue weighted by Gasteiger charge is 2.30. The molecule has 0 aromatic heterocycles. The van der Waals surface area contributed by atoms with Crippen molar-refractivity contribution in [2.45, 2.75) is 45.3 Å². The Kier molecular flexibility index (Phi) is 4.48. The van der Waals surface area contributed by atoms with Crippen LogP contribution in [0.3, 0.4) is 0 Å². The molecule has 1 saturated heterocycles. The Bertz CT molecular complexity index is 474. The van der Waals surface area contributed by atoms with Crippen molar-refractivity contribution in [3.8, 4) is 0 Å². The quantitative estimate of drug-likeness (QED) is 0.812. The number of nitrogens with zero attached hydrogens (tertiary/aromatic N) is 1. The van der Waals surface area contributed by atoms with E-state index in [1.54, 1.807) is 0 Å². The average Bonchev–Trinajstić information content (AvgIpc) is 2.84. The van der Waals surface area contributed by atoms with Gasteiger partial charge in [0.2, 0.25) is 0 Å². The summed E-state index contributed by atoms with van der Waals surface area (Å²) in [4.78, 5) is 14.0. The van der Waals surface area contributed by atoms with Crippen LogP contribution in [-0.4, -0.2) is 29.2 Å². The normalized spacial score (nSPS) is 19.6. The van der Waals surface area contributed by atoms with Gasteiger partial charge in [0.1, 0.15) is 5.60 Å². The first-order valence-electron chi connectivity index (χ1n) is 7.18. The van der Waals surface area contributed by atoms with Gasteiger partial charge < -0.3 is 9.64 Å². The maximum absolute atomic E-state index is 12.2. The SMILES string of the molecule is CC(C)(C)OC(=O)N1CCC[C@@H]1/C=C/c1ccccc1. The number of benzene rings is 1. The van der Waals surface area contributed by atoms with E-state index in [9.17, 15) is 4.79 Å². The fraction of sp³-hybridized carbons (Fsp3) is 0.471. The third kappa shape index (κ3) is 4.12. The minimum Gasteiger partial charge on any atom is -0.444 e. The van der Waals surface area contributed by atoms with Crippen molar-refractivity contribution in [1.82, 2.24) is 4.90 Å². The van der Waals surface area contributed by atoms with Gasteiger partial charge in [0, 0.05) is 6.54 Å². The zero-order chi connectivity index (χ0) is 14.6. The van der Waals surface area contributed by atoms with Crippen LogP contribution in [0.15, 0.2) is 36.4 Å². The second kappa shape index (κ2) is 6.12. The lowest BCUT2D eigenvalue weighted by molar-refractivity contribution is 0.0256. The molecule has 1 aromatic rings. The molecule has 0 unspecified atom stereocenters. The molecule has 1 aliphatic rings. The molecule has 0 spiro atoms. The lowest BCUT2D eigenvalue weighted by Crippen LogP contribution is -2.39. The molecule has 1 heterocycles. The van der Waals surface area contributed by atoms with E-state index < -0.39 is 5.60 Å². The first-order valence-corrected chi connectivity index (χ1v) is 7.18. The van der Waals surface area contributed by atoms with Crippen LogP contribution in [-0.2, 0) is 4.74 Å². The van der Waals surface area contributed by atoms with Crippen LogP contribution >= 0.6 is 0 Å². The number of rotatable bonds is 2. The van der Waals surface area contributed by atoms with Crippen LogP contribution in [0, 0.1) is 0 Å². The molecule has 3 nitrogen and oxygen atoms in total. The number of carbonyl (C=O) groups excluding carboxylic acids is 1. The summed E-state index contributed by atoms with van der Waals surface area (Å²) in [6.07, 6.45) is 6.00. The van der Waals surface area contributed by atoms with Gasteiger partial charge in [-0.25, -0.2) is 4.79 Å². The number of hydrogen-bond donors (Lipinski definition) is 0. The van der Waals surface area contributed by atoms with E-state index in [4.69, 9.17) is 4.74 Å². The van der Waals surface area contributed by atoms with Crippen molar-refractivity contribution >= 4 is 12.2 Å². The van der Waals surface area contributed by atoms with Crippen molar-refractivity contribution in [3.05, 3.63) is 42.0 Å². The van der Waals surface area contributed by atoms with Gasteiger partial charge in [0.15, 0.2) is 0 Å². The number of hydrogen-bond acceptors (Lipinski definition) is 2. The van der Waals surface area contributed by atoms with E-state index in [2.05, 4.69) is 24.3 Å². The minimum absolute atomic E-state index is 0.144. The summed E-state index contributed by atoms with van der Waals surface area (Å²) in [5, 5.41) is 0. The van der Waals surface area contributed by atoms with E-state index in [-0.39, 0.29) is 12.1 Å². The van der Waals surface area contributed by atoms with Gasteiger partial charge in [0.25, 0.3) is 0 Å². The molecule has 0 bridgehead atoms. The van der Waals surface area contributed by atoms with Crippen LogP contribution in [0.4, 0.5) is 4.79 Å². The molecule has 3 heteroatoms. The minimum atomic E-state index is -0.437. The molecule has 2 rings (SSSR count). The molecule has 108 valence electrons. The predicted molar refractivity (Wildman–Crippen MR) is 81.4 cm³/mol. The maximum Gasteiger partial charge on any atom is 0.410 e. The zero-order valence-electron chi connectivity index (χ0n) is 12.5. The topological polar surface area (TPSA) is 29.5 Å². The highest BCUT2D eigenvalue weighted by Crippen LogP contribution is 2.22. The summed E-state index contributed by atoms with van der Waals surface area (Å²) in [6.45, 7) is 6.47. The molecular weight excluding hydrogens is 250 g/mol. The molecule has 1 aliphatic heterocycles. The third-order valence-corrected chi connectivity index (χ3v) is 3.24.